The van der Waals surface area contributed by atoms with Gasteiger partial charge in [0.15, 0.2) is 0 Å². The van der Waals surface area contributed by atoms with E-state index >= 15 is 0 Å². The van der Waals surface area contributed by atoms with Crippen LogP contribution in [0.1, 0.15) is 21.5 Å². The zero-order chi connectivity index (χ0) is 24.3. The normalized spacial score (nSPS) is 11.1. The third-order valence-corrected chi connectivity index (χ3v) is 6.61. The molecule has 4 rings (SSSR count). The first-order valence-corrected chi connectivity index (χ1v) is 11.9. The van der Waals surface area contributed by atoms with Gasteiger partial charge in [-0.15, -0.1) is 0 Å². The number of carbonyl (C=O) groups is 1. The van der Waals surface area contributed by atoms with Gasteiger partial charge in [-0.25, -0.2) is 13.5 Å². The molecule has 0 spiro atoms. The molecule has 1 amide bonds. The lowest BCUT2D eigenvalue weighted by Gasteiger charge is -2.13. The summed E-state index contributed by atoms with van der Waals surface area (Å²) in [4.78, 5) is 24.3. The number of hydrogen-bond donors (Lipinski definition) is 3. The number of nitrogens with one attached hydrogen (secondary N) is 3. The molecule has 0 aliphatic heterocycles. The van der Waals surface area contributed by atoms with Gasteiger partial charge in [-0.3, -0.25) is 14.3 Å². The van der Waals surface area contributed by atoms with Crippen LogP contribution < -0.4 is 15.6 Å². The Kier molecular flexibility index (Phi) is 6.29. The van der Waals surface area contributed by atoms with E-state index in [4.69, 9.17) is 0 Å². The van der Waals surface area contributed by atoms with Gasteiger partial charge < -0.3 is 5.32 Å². The number of carbonyl (C=O) groups excluding carboxylic acids is 1. The van der Waals surface area contributed by atoms with E-state index in [1.165, 1.54) is 18.2 Å². The van der Waals surface area contributed by atoms with E-state index in [1.54, 1.807) is 55.5 Å². The van der Waals surface area contributed by atoms with Crippen molar-refractivity contribution in [1.29, 1.82) is 0 Å². The van der Waals surface area contributed by atoms with Crippen molar-refractivity contribution in [2.75, 3.05) is 10.0 Å². The third kappa shape index (κ3) is 5.05. The molecule has 0 unspecified atom stereocenters. The van der Waals surface area contributed by atoms with Crippen molar-refractivity contribution < 1.29 is 13.2 Å². The van der Waals surface area contributed by atoms with Crippen LogP contribution in [-0.2, 0) is 10.0 Å². The lowest BCUT2D eigenvalue weighted by molar-refractivity contribution is 0.102. The smallest absolute Gasteiger partial charge is 0.264 e. The van der Waals surface area contributed by atoms with E-state index < -0.39 is 15.9 Å². The first-order chi connectivity index (χ1) is 16.2. The van der Waals surface area contributed by atoms with Gasteiger partial charge >= 0.3 is 0 Å². The monoisotopic (exact) mass is 474 g/mol. The number of aryl methyl sites for hydroxylation is 2. The van der Waals surface area contributed by atoms with Crippen LogP contribution in [0.5, 0.6) is 0 Å². The molecule has 0 bridgehead atoms. The van der Waals surface area contributed by atoms with Crippen molar-refractivity contribution >= 4 is 27.3 Å². The first-order valence-electron chi connectivity index (χ1n) is 10.4. The zero-order valence-corrected chi connectivity index (χ0v) is 19.3. The molecule has 1 heterocycles. The number of hydrogen-bond acceptors (Lipinski definition) is 5. The molecule has 8 nitrogen and oxygen atoms in total. The van der Waals surface area contributed by atoms with Gasteiger partial charge in [0.05, 0.1) is 16.3 Å². The number of aromatic nitrogens is 2. The average molecular weight is 475 g/mol. The van der Waals surface area contributed by atoms with Crippen LogP contribution in [0.3, 0.4) is 0 Å². The average Bonchev–Trinajstić information content (AvgIpc) is 2.81. The Labute approximate surface area is 196 Å². The highest BCUT2D eigenvalue weighted by molar-refractivity contribution is 7.92. The maximum Gasteiger partial charge on any atom is 0.264 e. The van der Waals surface area contributed by atoms with Crippen molar-refractivity contribution in [1.82, 2.24) is 10.2 Å². The molecule has 0 aliphatic rings. The minimum atomic E-state index is -3.90. The Bertz CT molecular complexity index is 1520. The first kappa shape index (κ1) is 22.9. The molecule has 0 radical (unpaired) electrons. The van der Waals surface area contributed by atoms with E-state index in [0.29, 0.717) is 28.2 Å². The highest BCUT2D eigenvalue weighted by atomic mass is 32.2. The number of amides is 1. The maximum atomic E-state index is 13.0. The number of H-pyrrole nitrogens is 1. The summed E-state index contributed by atoms with van der Waals surface area (Å²) in [5.74, 6) is -0.447. The van der Waals surface area contributed by atoms with Gasteiger partial charge in [-0.05, 0) is 61.4 Å². The van der Waals surface area contributed by atoms with Gasteiger partial charge in [0, 0.05) is 22.9 Å². The molecule has 0 saturated heterocycles. The summed E-state index contributed by atoms with van der Waals surface area (Å²) in [6, 6.07) is 21.4. The lowest BCUT2D eigenvalue weighted by Crippen LogP contribution is -2.17. The molecule has 1 aromatic heterocycles. The number of rotatable bonds is 6. The summed E-state index contributed by atoms with van der Waals surface area (Å²) in [5.41, 5.74) is 3.56. The van der Waals surface area contributed by atoms with Crippen LogP contribution in [0.4, 0.5) is 11.4 Å². The van der Waals surface area contributed by atoms with Gasteiger partial charge in [-0.2, -0.15) is 5.10 Å². The van der Waals surface area contributed by atoms with E-state index in [9.17, 15) is 18.0 Å². The number of anilines is 2. The highest BCUT2D eigenvalue weighted by Crippen LogP contribution is 2.24. The molecule has 172 valence electrons. The zero-order valence-electron chi connectivity index (χ0n) is 18.5. The van der Waals surface area contributed by atoms with E-state index in [1.807, 2.05) is 19.1 Å². The largest absolute Gasteiger partial charge is 0.322 e. The number of benzene rings is 3. The fraction of sp³-hybridized carbons (Fsp3) is 0.0800. The Morgan fingerprint density at radius 2 is 1.68 bits per heavy atom. The molecule has 34 heavy (non-hydrogen) atoms. The number of aromatic amines is 1. The SMILES string of the molecule is Cc1ccccc1NS(=O)(=O)c1ccc(C)c(C(=O)Nc2cccc(-c3ccc(=O)[nH]n3)c2)c1. The number of para-hydroxylation sites is 1. The summed E-state index contributed by atoms with van der Waals surface area (Å²) in [6.07, 6.45) is 0. The summed E-state index contributed by atoms with van der Waals surface area (Å²) >= 11 is 0. The van der Waals surface area contributed by atoms with E-state index in [0.717, 1.165) is 5.56 Å². The fourth-order valence-electron chi connectivity index (χ4n) is 3.36. The van der Waals surface area contributed by atoms with Crippen molar-refractivity contribution in [3.05, 3.63) is 106 Å². The van der Waals surface area contributed by atoms with Crippen LogP contribution in [0.25, 0.3) is 11.3 Å². The van der Waals surface area contributed by atoms with Crippen LogP contribution in [-0.4, -0.2) is 24.5 Å². The summed E-state index contributed by atoms with van der Waals surface area (Å²) in [6.45, 7) is 3.54. The Morgan fingerprint density at radius 3 is 2.41 bits per heavy atom. The predicted molar refractivity (Wildman–Crippen MR) is 131 cm³/mol. The maximum absolute atomic E-state index is 13.0. The molecule has 4 aromatic rings. The predicted octanol–water partition coefficient (Wildman–Crippen LogP) is 4.11. The second-order valence-electron chi connectivity index (χ2n) is 7.74. The second kappa shape index (κ2) is 9.32. The summed E-state index contributed by atoms with van der Waals surface area (Å²) in [7, 11) is -3.90. The molecule has 9 heteroatoms. The topological polar surface area (TPSA) is 121 Å². The van der Waals surface area contributed by atoms with Crippen molar-refractivity contribution in [3.8, 4) is 11.3 Å². The summed E-state index contributed by atoms with van der Waals surface area (Å²) < 4.78 is 28.5. The van der Waals surface area contributed by atoms with Crippen molar-refractivity contribution in [2.45, 2.75) is 18.7 Å². The number of sulfonamides is 1. The van der Waals surface area contributed by atoms with Gasteiger partial charge in [0.2, 0.25) is 0 Å². The number of nitrogens with zero attached hydrogens (tertiary/aromatic N) is 1. The van der Waals surface area contributed by atoms with Crippen LogP contribution in [0.15, 0.2) is 88.6 Å². The van der Waals surface area contributed by atoms with Crippen LogP contribution in [0.2, 0.25) is 0 Å². The molecule has 3 N–H and O–H groups in total. The fourth-order valence-corrected chi connectivity index (χ4v) is 4.52. The second-order valence-corrected chi connectivity index (χ2v) is 9.42. The Balaban J connectivity index is 1.59. The third-order valence-electron chi connectivity index (χ3n) is 5.25. The van der Waals surface area contributed by atoms with Crippen LogP contribution >= 0.6 is 0 Å². The Hall–Kier alpha value is -4.24. The van der Waals surface area contributed by atoms with Crippen molar-refractivity contribution in [2.24, 2.45) is 0 Å². The minimum Gasteiger partial charge on any atom is -0.322 e. The van der Waals surface area contributed by atoms with Crippen molar-refractivity contribution in [3.63, 3.8) is 0 Å². The Morgan fingerprint density at radius 1 is 0.882 bits per heavy atom. The van der Waals surface area contributed by atoms with Gasteiger partial charge in [0.25, 0.3) is 21.5 Å². The van der Waals surface area contributed by atoms with Gasteiger partial charge in [0.1, 0.15) is 0 Å². The van der Waals surface area contributed by atoms with E-state index in [-0.39, 0.29) is 16.0 Å². The molecular formula is C25H22N4O4S. The highest BCUT2D eigenvalue weighted by Gasteiger charge is 2.19. The molecule has 0 atom stereocenters. The molecule has 0 fully saturated rings. The minimum absolute atomic E-state index is 0.0160. The lowest BCUT2D eigenvalue weighted by atomic mass is 10.1. The van der Waals surface area contributed by atoms with Gasteiger partial charge in [-0.1, -0.05) is 36.4 Å². The molecular weight excluding hydrogens is 452 g/mol. The molecule has 0 aliphatic carbocycles. The molecule has 0 saturated carbocycles. The summed E-state index contributed by atoms with van der Waals surface area (Å²) in [5, 5.41) is 9.18. The molecule has 3 aromatic carbocycles. The van der Waals surface area contributed by atoms with Crippen LogP contribution in [0, 0.1) is 13.8 Å². The quantitative estimate of drug-likeness (QED) is 0.388. The standard InChI is InChI=1S/C25H22N4O4S/c1-16-10-11-20(34(32,33)29-22-9-4-3-6-17(22)2)15-21(16)25(31)26-19-8-5-7-18(14-19)23-12-13-24(30)28-27-23/h3-15,29H,1-2H3,(H,26,31)(H,28,30). The van der Waals surface area contributed by atoms with E-state index in [2.05, 4.69) is 20.2 Å².